The maximum atomic E-state index is 4.70. The first-order valence-electron chi connectivity index (χ1n) is 10.1. The molecule has 0 radical (unpaired) electrons. The fourth-order valence-electron chi connectivity index (χ4n) is 4.42. The average molecular weight is 375 g/mol. The van der Waals surface area contributed by atoms with E-state index >= 15 is 0 Å². The first-order chi connectivity index (χ1) is 14.3. The van der Waals surface area contributed by atoms with Gasteiger partial charge in [-0.2, -0.15) is 0 Å². The monoisotopic (exact) mass is 375 g/mol. The molecule has 0 saturated carbocycles. The second-order valence-corrected chi connectivity index (χ2v) is 7.79. The van der Waals surface area contributed by atoms with Gasteiger partial charge in [-0.3, -0.25) is 0 Å². The lowest BCUT2D eigenvalue weighted by Crippen LogP contribution is -2.23. The number of benzene rings is 3. The minimum atomic E-state index is 0.931. The maximum absolute atomic E-state index is 4.70. The molecule has 0 atom stereocenters. The Labute approximate surface area is 169 Å². The minimum Gasteiger partial charge on any atom is -0.346 e. The van der Waals surface area contributed by atoms with Gasteiger partial charge in [0.2, 0.25) is 0 Å². The molecule has 3 heterocycles. The number of aromatic nitrogens is 2. The third kappa shape index (κ3) is 2.82. The number of nitrogens with zero attached hydrogens (tertiary/aromatic N) is 1. The Morgan fingerprint density at radius 2 is 1.66 bits per heavy atom. The van der Waals surface area contributed by atoms with E-state index < -0.39 is 0 Å². The molecule has 5 aromatic rings. The van der Waals surface area contributed by atoms with Crippen molar-refractivity contribution >= 4 is 21.8 Å². The molecule has 0 amide bonds. The smallest absolute Gasteiger partial charge is 0.137 e. The van der Waals surface area contributed by atoms with E-state index in [0.717, 1.165) is 30.7 Å². The normalized spacial score (nSPS) is 13.7. The Bertz CT molecular complexity index is 1360. The Morgan fingerprint density at radius 3 is 2.62 bits per heavy atom. The summed E-state index contributed by atoms with van der Waals surface area (Å²) in [6.07, 6.45) is 5.15. The second-order valence-electron chi connectivity index (χ2n) is 7.79. The van der Waals surface area contributed by atoms with Crippen molar-refractivity contribution in [2.75, 3.05) is 6.54 Å². The molecule has 0 spiro atoms. The van der Waals surface area contributed by atoms with Crippen LogP contribution in [-0.4, -0.2) is 16.5 Å². The highest BCUT2D eigenvalue weighted by molar-refractivity contribution is 5.96. The van der Waals surface area contributed by atoms with Gasteiger partial charge in [0.15, 0.2) is 0 Å². The van der Waals surface area contributed by atoms with Gasteiger partial charge in [-0.05, 0) is 64.2 Å². The highest BCUT2D eigenvalue weighted by atomic mass is 14.9. The number of nitrogens with one attached hydrogen (secondary N) is 2. The van der Waals surface area contributed by atoms with Crippen molar-refractivity contribution in [3.05, 3.63) is 90.3 Å². The summed E-state index contributed by atoms with van der Waals surface area (Å²) in [5, 5.41) is 7.15. The SMILES string of the molecule is c1ccc2cc(-c3cnc4[nH]cc(-c5ccc6c(c5)CNCC6)c4c3)ccc2c1. The number of rotatable bonds is 2. The van der Waals surface area contributed by atoms with Crippen LogP contribution in [0.3, 0.4) is 0 Å². The zero-order valence-corrected chi connectivity index (χ0v) is 16.1. The summed E-state index contributed by atoms with van der Waals surface area (Å²) in [6, 6.07) is 24.2. The van der Waals surface area contributed by atoms with Crippen molar-refractivity contribution in [1.29, 1.82) is 0 Å². The van der Waals surface area contributed by atoms with Crippen LogP contribution in [0.4, 0.5) is 0 Å². The van der Waals surface area contributed by atoms with Gasteiger partial charge in [0, 0.05) is 35.5 Å². The molecule has 0 saturated heterocycles. The van der Waals surface area contributed by atoms with Crippen LogP contribution in [0, 0.1) is 0 Å². The molecular weight excluding hydrogens is 354 g/mol. The van der Waals surface area contributed by atoms with E-state index in [-0.39, 0.29) is 0 Å². The van der Waals surface area contributed by atoms with Gasteiger partial charge in [-0.15, -0.1) is 0 Å². The zero-order chi connectivity index (χ0) is 19.2. The van der Waals surface area contributed by atoms with Crippen molar-refractivity contribution in [3.63, 3.8) is 0 Å². The third-order valence-corrected chi connectivity index (χ3v) is 6.02. The molecule has 3 aromatic carbocycles. The summed E-state index contributed by atoms with van der Waals surface area (Å²) in [5.74, 6) is 0. The van der Waals surface area contributed by atoms with Crippen molar-refractivity contribution in [2.45, 2.75) is 13.0 Å². The summed E-state index contributed by atoms with van der Waals surface area (Å²) in [6.45, 7) is 2.02. The fourth-order valence-corrected chi connectivity index (χ4v) is 4.42. The van der Waals surface area contributed by atoms with E-state index in [2.05, 4.69) is 83.2 Å². The van der Waals surface area contributed by atoms with Crippen LogP contribution in [0.2, 0.25) is 0 Å². The van der Waals surface area contributed by atoms with Gasteiger partial charge in [0.25, 0.3) is 0 Å². The Morgan fingerprint density at radius 1 is 0.759 bits per heavy atom. The first kappa shape index (κ1) is 16.5. The predicted octanol–water partition coefficient (Wildman–Crippen LogP) is 5.70. The van der Waals surface area contributed by atoms with Crippen LogP contribution in [0.25, 0.3) is 44.1 Å². The number of hydrogen-bond acceptors (Lipinski definition) is 2. The maximum Gasteiger partial charge on any atom is 0.137 e. The van der Waals surface area contributed by atoms with E-state index in [1.807, 2.05) is 6.20 Å². The first-order valence-corrected chi connectivity index (χ1v) is 10.1. The highest BCUT2D eigenvalue weighted by Gasteiger charge is 2.13. The summed E-state index contributed by atoms with van der Waals surface area (Å²) in [4.78, 5) is 8.05. The van der Waals surface area contributed by atoms with Gasteiger partial charge in [-0.1, -0.05) is 48.5 Å². The number of H-pyrrole nitrogens is 1. The molecule has 0 aliphatic carbocycles. The zero-order valence-electron chi connectivity index (χ0n) is 16.1. The van der Waals surface area contributed by atoms with Crippen LogP contribution in [0.1, 0.15) is 11.1 Å². The third-order valence-electron chi connectivity index (χ3n) is 6.02. The van der Waals surface area contributed by atoms with Gasteiger partial charge in [0.1, 0.15) is 5.65 Å². The molecule has 0 unspecified atom stereocenters. The topological polar surface area (TPSA) is 40.7 Å². The standard InChI is InChI=1S/C26H21N3/c1-2-4-19-11-20(7-5-17(19)3-1)23-13-24-25(16-29-26(24)28-15-23)21-8-6-18-9-10-27-14-22(18)12-21/h1-8,11-13,15-16,27H,9-10,14H2,(H,28,29). The molecule has 6 rings (SSSR count). The largest absolute Gasteiger partial charge is 0.346 e. The molecule has 3 nitrogen and oxygen atoms in total. The molecule has 2 N–H and O–H groups in total. The van der Waals surface area contributed by atoms with Crippen molar-refractivity contribution in [2.24, 2.45) is 0 Å². The van der Waals surface area contributed by atoms with Gasteiger partial charge in [0.05, 0.1) is 0 Å². The Kier molecular flexibility index (Phi) is 3.74. The number of hydrogen-bond donors (Lipinski definition) is 2. The molecule has 3 heteroatoms. The lowest BCUT2D eigenvalue weighted by molar-refractivity contribution is 0.644. The molecule has 140 valence electrons. The summed E-state index contributed by atoms with van der Waals surface area (Å²) >= 11 is 0. The summed E-state index contributed by atoms with van der Waals surface area (Å²) in [5.41, 5.74) is 8.59. The van der Waals surface area contributed by atoms with E-state index in [9.17, 15) is 0 Å². The molecular formula is C26H21N3. The fraction of sp³-hybridized carbons (Fsp3) is 0.115. The van der Waals surface area contributed by atoms with Gasteiger partial charge in [-0.25, -0.2) is 4.98 Å². The Balaban J connectivity index is 1.47. The number of aromatic amines is 1. The number of fused-ring (bicyclic) bond motifs is 3. The molecule has 0 fully saturated rings. The van der Waals surface area contributed by atoms with Gasteiger partial charge < -0.3 is 10.3 Å². The minimum absolute atomic E-state index is 0.931. The quantitative estimate of drug-likeness (QED) is 0.416. The molecule has 1 aliphatic heterocycles. The van der Waals surface area contributed by atoms with Crippen molar-refractivity contribution < 1.29 is 0 Å². The van der Waals surface area contributed by atoms with E-state index in [1.165, 1.54) is 44.0 Å². The molecule has 1 aliphatic rings. The van der Waals surface area contributed by atoms with Crippen LogP contribution in [-0.2, 0) is 13.0 Å². The summed E-state index contributed by atoms with van der Waals surface area (Å²) in [7, 11) is 0. The molecule has 29 heavy (non-hydrogen) atoms. The average Bonchev–Trinajstić information content (AvgIpc) is 3.22. The van der Waals surface area contributed by atoms with E-state index in [1.54, 1.807) is 0 Å². The predicted molar refractivity (Wildman–Crippen MR) is 120 cm³/mol. The van der Waals surface area contributed by atoms with Crippen LogP contribution >= 0.6 is 0 Å². The highest BCUT2D eigenvalue weighted by Crippen LogP contribution is 2.33. The molecule has 2 aromatic heterocycles. The lowest BCUT2D eigenvalue weighted by Gasteiger charge is -2.17. The summed E-state index contributed by atoms with van der Waals surface area (Å²) < 4.78 is 0. The van der Waals surface area contributed by atoms with E-state index in [4.69, 9.17) is 4.98 Å². The van der Waals surface area contributed by atoms with Crippen molar-refractivity contribution in [3.8, 4) is 22.3 Å². The van der Waals surface area contributed by atoms with Crippen LogP contribution in [0.15, 0.2) is 79.1 Å². The lowest BCUT2D eigenvalue weighted by atomic mass is 9.95. The van der Waals surface area contributed by atoms with Crippen LogP contribution < -0.4 is 5.32 Å². The van der Waals surface area contributed by atoms with Gasteiger partial charge >= 0.3 is 0 Å². The van der Waals surface area contributed by atoms with E-state index in [0.29, 0.717) is 0 Å². The van der Waals surface area contributed by atoms with Crippen molar-refractivity contribution in [1.82, 2.24) is 15.3 Å². The Hall–Kier alpha value is -3.43. The van der Waals surface area contributed by atoms with Crippen LogP contribution in [0.5, 0.6) is 0 Å². The molecule has 0 bridgehead atoms. The second kappa shape index (κ2) is 6.57. The number of pyridine rings is 1.